The van der Waals surface area contributed by atoms with Crippen molar-refractivity contribution in [2.45, 2.75) is 100 Å². The fraction of sp³-hybridized carbons (Fsp3) is 0.722. The van der Waals surface area contributed by atoms with Crippen LogP contribution in [0.3, 0.4) is 0 Å². The molecular formula is C36H44O4. The summed E-state index contributed by atoms with van der Waals surface area (Å²) in [6.07, 6.45) is 18.1. The Balaban J connectivity index is 1.13. The number of ether oxygens (including phenoxy) is 4. The van der Waals surface area contributed by atoms with Gasteiger partial charge >= 0.3 is 0 Å². The van der Waals surface area contributed by atoms with Crippen LogP contribution in [-0.4, -0.2) is 38.6 Å². The summed E-state index contributed by atoms with van der Waals surface area (Å²) < 4.78 is 23.6. The molecule has 8 saturated carbocycles. The van der Waals surface area contributed by atoms with Crippen molar-refractivity contribution in [2.75, 3.05) is 26.4 Å². The van der Waals surface area contributed by atoms with E-state index in [1.807, 2.05) is 0 Å². The Morgan fingerprint density at radius 1 is 0.525 bits per heavy atom. The van der Waals surface area contributed by atoms with Crippen molar-refractivity contribution >= 4 is 10.8 Å². The van der Waals surface area contributed by atoms with E-state index in [1.165, 1.54) is 87.8 Å². The van der Waals surface area contributed by atoms with E-state index in [2.05, 4.69) is 24.3 Å². The van der Waals surface area contributed by atoms with E-state index < -0.39 is 0 Å². The van der Waals surface area contributed by atoms with E-state index in [0.29, 0.717) is 24.0 Å². The van der Waals surface area contributed by atoms with Crippen LogP contribution in [0.4, 0.5) is 0 Å². The van der Waals surface area contributed by atoms with Crippen LogP contribution in [0, 0.1) is 35.5 Å². The smallest absolute Gasteiger partial charge is 0.161 e. The van der Waals surface area contributed by atoms with Crippen LogP contribution in [0.1, 0.15) is 88.2 Å². The standard InChI is InChI=1S/C36H44O4/c1-21-2-23-3-22(1)12-35(11-21,13-23)31-7-27-9-33(39-19-29-17-37-29)34(40-20-30-18-38-30)10-28(27)8-32(31)36-14-24-4-25(15-36)6-26(5-24)16-36/h7-10,21-26,29-30H,1-6,11-20H2. The topological polar surface area (TPSA) is 43.5 Å². The summed E-state index contributed by atoms with van der Waals surface area (Å²) in [4.78, 5) is 0. The van der Waals surface area contributed by atoms with Crippen molar-refractivity contribution in [3.05, 3.63) is 35.4 Å². The highest BCUT2D eigenvalue weighted by Crippen LogP contribution is 2.66. The highest BCUT2D eigenvalue weighted by atomic mass is 16.6. The molecular weight excluding hydrogens is 496 g/mol. The largest absolute Gasteiger partial charge is 0.487 e. The molecule has 10 fully saturated rings. The van der Waals surface area contributed by atoms with Crippen molar-refractivity contribution in [3.8, 4) is 11.5 Å². The molecule has 0 spiro atoms. The van der Waals surface area contributed by atoms with Gasteiger partial charge in [0.2, 0.25) is 0 Å². The average Bonchev–Trinajstić information content (AvgIpc) is 3.84. The molecule has 10 aliphatic rings. The lowest BCUT2D eigenvalue weighted by Crippen LogP contribution is -2.52. The predicted octanol–water partition coefficient (Wildman–Crippen LogP) is 7.33. The monoisotopic (exact) mass is 540 g/mol. The molecule has 2 atom stereocenters. The number of hydrogen-bond acceptors (Lipinski definition) is 4. The fourth-order valence-corrected chi connectivity index (χ4v) is 12.0. The van der Waals surface area contributed by atoms with Gasteiger partial charge in [-0.25, -0.2) is 0 Å². The summed E-state index contributed by atoms with van der Waals surface area (Å²) in [5, 5.41) is 2.70. The highest BCUT2D eigenvalue weighted by molar-refractivity contribution is 5.88. The zero-order valence-electron chi connectivity index (χ0n) is 23.9. The average molecular weight is 541 g/mol. The van der Waals surface area contributed by atoms with Gasteiger partial charge in [0.25, 0.3) is 0 Å². The summed E-state index contributed by atoms with van der Waals surface area (Å²) in [6.45, 7) is 2.83. The zero-order chi connectivity index (χ0) is 26.1. The normalized spacial score (nSPS) is 45.3. The first-order chi connectivity index (χ1) is 19.6. The van der Waals surface area contributed by atoms with Gasteiger partial charge in [-0.15, -0.1) is 0 Å². The minimum atomic E-state index is 0.233. The van der Waals surface area contributed by atoms with Gasteiger partial charge < -0.3 is 18.9 Å². The van der Waals surface area contributed by atoms with Gasteiger partial charge in [-0.1, -0.05) is 12.1 Å². The van der Waals surface area contributed by atoms with Gasteiger partial charge in [0.15, 0.2) is 11.5 Å². The van der Waals surface area contributed by atoms with Crippen LogP contribution >= 0.6 is 0 Å². The number of benzene rings is 2. The van der Waals surface area contributed by atoms with Gasteiger partial charge in [0.1, 0.15) is 25.4 Å². The highest BCUT2D eigenvalue weighted by Gasteiger charge is 2.56. The molecule has 2 aliphatic heterocycles. The Morgan fingerprint density at radius 2 is 0.850 bits per heavy atom. The van der Waals surface area contributed by atoms with E-state index >= 15 is 0 Å². The van der Waals surface area contributed by atoms with Crippen LogP contribution in [0.25, 0.3) is 10.8 Å². The molecule has 2 aromatic carbocycles. The molecule has 2 unspecified atom stereocenters. The third-order valence-corrected chi connectivity index (χ3v) is 12.9. The molecule has 0 radical (unpaired) electrons. The first kappa shape index (κ1) is 23.7. The number of hydrogen-bond donors (Lipinski definition) is 0. The van der Waals surface area contributed by atoms with E-state index in [0.717, 1.165) is 60.2 Å². The second kappa shape index (κ2) is 8.40. The number of rotatable bonds is 8. The maximum Gasteiger partial charge on any atom is 0.161 e. The first-order valence-corrected chi connectivity index (χ1v) is 16.7. The minimum absolute atomic E-state index is 0.233. The van der Waals surface area contributed by atoms with E-state index in [4.69, 9.17) is 18.9 Å². The third-order valence-electron chi connectivity index (χ3n) is 12.9. The molecule has 8 aliphatic carbocycles. The molecule has 2 heterocycles. The lowest BCUT2D eigenvalue weighted by molar-refractivity contribution is -0.0173. The first-order valence-electron chi connectivity index (χ1n) is 16.7. The summed E-state index contributed by atoms with van der Waals surface area (Å²) in [5.41, 5.74) is 4.36. The minimum Gasteiger partial charge on any atom is -0.487 e. The summed E-state index contributed by atoms with van der Waals surface area (Å²) >= 11 is 0. The predicted molar refractivity (Wildman–Crippen MR) is 154 cm³/mol. The number of fused-ring (bicyclic) bond motifs is 1. The van der Waals surface area contributed by atoms with Crippen LogP contribution in [0.2, 0.25) is 0 Å². The quantitative estimate of drug-likeness (QED) is 0.329. The second-order valence-electron chi connectivity index (χ2n) is 16.0. The number of epoxide rings is 2. The fourth-order valence-electron chi connectivity index (χ4n) is 12.0. The Labute approximate surface area is 238 Å². The molecule has 0 aromatic heterocycles. The van der Waals surface area contributed by atoms with Gasteiger partial charge in [-0.2, -0.15) is 0 Å². The molecule has 8 bridgehead atoms. The van der Waals surface area contributed by atoms with Crippen molar-refractivity contribution in [1.29, 1.82) is 0 Å². The van der Waals surface area contributed by atoms with E-state index in [1.54, 1.807) is 11.1 Å². The maximum absolute atomic E-state index is 6.35. The lowest BCUT2D eigenvalue weighted by atomic mass is 9.44. The Bertz CT molecular complexity index is 1180. The lowest BCUT2D eigenvalue weighted by Gasteiger charge is -2.61. The molecule has 4 heteroatoms. The van der Waals surface area contributed by atoms with Crippen molar-refractivity contribution in [3.63, 3.8) is 0 Å². The van der Waals surface area contributed by atoms with Gasteiger partial charge in [0.05, 0.1) is 13.2 Å². The van der Waals surface area contributed by atoms with Crippen LogP contribution < -0.4 is 9.47 Å². The zero-order valence-corrected chi connectivity index (χ0v) is 23.9. The second-order valence-corrected chi connectivity index (χ2v) is 16.0. The maximum atomic E-state index is 6.35. The SMILES string of the molecule is c1c(OCC2CO2)c(OCC2CO2)cc2cc(C34CC5CC(CC(C5)C3)C4)c(C34CC5CC(CC(C5)C3)C4)cc12. The van der Waals surface area contributed by atoms with Gasteiger partial charge in [-0.05, 0) is 157 Å². The Kier molecular flexibility index (Phi) is 4.99. The van der Waals surface area contributed by atoms with Crippen molar-refractivity contribution in [2.24, 2.45) is 35.5 Å². The Morgan fingerprint density at radius 3 is 1.15 bits per heavy atom. The summed E-state index contributed by atoms with van der Waals surface area (Å²) in [5.74, 6) is 7.53. The summed E-state index contributed by atoms with van der Waals surface area (Å²) in [7, 11) is 0. The van der Waals surface area contributed by atoms with Gasteiger partial charge in [0, 0.05) is 0 Å². The van der Waals surface area contributed by atoms with Crippen molar-refractivity contribution in [1.82, 2.24) is 0 Å². The molecule has 40 heavy (non-hydrogen) atoms. The van der Waals surface area contributed by atoms with Crippen LogP contribution in [0.5, 0.6) is 11.5 Å². The van der Waals surface area contributed by atoms with Crippen LogP contribution in [-0.2, 0) is 20.3 Å². The third kappa shape index (κ3) is 3.84. The van der Waals surface area contributed by atoms with E-state index in [9.17, 15) is 0 Å². The van der Waals surface area contributed by atoms with Gasteiger partial charge in [-0.3, -0.25) is 0 Å². The van der Waals surface area contributed by atoms with Crippen LogP contribution in [0.15, 0.2) is 24.3 Å². The molecule has 12 rings (SSSR count). The van der Waals surface area contributed by atoms with E-state index in [-0.39, 0.29) is 12.2 Å². The van der Waals surface area contributed by atoms with Crippen molar-refractivity contribution < 1.29 is 18.9 Å². The Hall–Kier alpha value is -1.78. The molecule has 212 valence electrons. The molecule has 2 aromatic rings. The molecule has 0 N–H and O–H groups in total. The molecule has 2 saturated heterocycles. The molecule has 0 amide bonds. The molecule has 4 nitrogen and oxygen atoms in total. The summed E-state index contributed by atoms with van der Waals surface area (Å²) in [6, 6.07) is 9.97.